The smallest absolute Gasteiger partial charge is 0.323 e. The monoisotopic (exact) mass is 425 g/mol. The van der Waals surface area contributed by atoms with Crippen LogP contribution in [0.15, 0.2) is 41.3 Å². The standard InChI is InChI=1S/C18H19NO5S3/c1-18(2)16(17(21)22)19(9-10-25-18)27(23,24)14-6-3-12(4-7-14)15-8-5-13(11-20)26-15/h3-8,11,16H,9-10H2,1-2H3,(H,21,22)/t16-/m0/s1. The third-order valence-electron chi connectivity index (χ3n) is 4.45. The van der Waals surface area contributed by atoms with E-state index in [1.54, 1.807) is 32.0 Å². The topological polar surface area (TPSA) is 91.8 Å². The largest absolute Gasteiger partial charge is 0.480 e. The van der Waals surface area contributed by atoms with E-state index >= 15 is 0 Å². The second kappa shape index (κ2) is 7.38. The third kappa shape index (κ3) is 3.82. The number of hydrogen-bond donors (Lipinski definition) is 1. The van der Waals surface area contributed by atoms with Crippen molar-refractivity contribution >= 4 is 45.4 Å². The van der Waals surface area contributed by atoms with Gasteiger partial charge in [0.25, 0.3) is 0 Å². The number of nitrogens with zero attached hydrogens (tertiary/aromatic N) is 1. The molecule has 0 saturated carbocycles. The van der Waals surface area contributed by atoms with Gasteiger partial charge >= 0.3 is 5.97 Å². The highest BCUT2D eigenvalue weighted by atomic mass is 32.2. The van der Waals surface area contributed by atoms with Gasteiger partial charge in [-0.05, 0) is 43.7 Å². The van der Waals surface area contributed by atoms with E-state index in [1.807, 2.05) is 6.07 Å². The first-order chi connectivity index (χ1) is 12.7. The first-order valence-electron chi connectivity index (χ1n) is 8.21. The van der Waals surface area contributed by atoms with Crippen molar-refractivity contribution in [2.45, 2.75) is 29.5 Å². The fourth-order valence-corrected chi connectivity index (χ4v) is 7.05. The van der Waals surface area contributed by atoms with Crippen LogP contribution in [0.25, 0.3) is 10.4 Å². The summed E-state index contributed by atoms with van der Waals surface area (Å²) in [4.78, 5) is 24.1. The molecule has 0 spiro atoms. The number of benzene rings is 1. The number of rotatable bonds is 5. The van der Waals surface area contributed by atoms with Gasteiger partial charge in [0.1, 0.15) is 6.04 Å². The van der Waals surface area contributed by atoms with Gasteiger partial charge in [0, 0.05) is 21.9 Å². The Hall–Kier alpha value is -1.68. The lowest BCUT2D eigenvalue weighted by atomic mass is 10.0. The molecule has 2 heterocycles. The van der Waals surface area contributed by atoms with Gasteiger partial charge in [0.05, 0.1) is 9.77 Å². The van der Waals surface area contributed by atoms with Crippen LogP contribution in [0.5, 0.6) is 0 Å². The van der Waals surface area contributed by atoms with Crippen molar-refractivity contribution in [3.05, 3.63) is 41.3 Å². The molecule has 1 aromatic carbocycles. The van der Waals surface area contributed by atoms with Gasteiger partial charge in [-0.1, -0.05) is 12.1 Å². The SMILES string of the molecule is CC1(C)SCCN(S(=O)(=O)c2ccc(-c3ccc(C=O)s3)cc2)[C@H]1C(=O)O. The lowest BCUT2D eigenvalue weighted by Crippen LogP contribution is -2.58. The molecule has 1 N–H and O–H groups in total. The maximum absolute atomic E-state index is 13.1. The Bertz CT molecular complexity index is 963. The minimum atomic E-state index is -3.94. The number of thioether (sulfide) groups is 1. The molecule has 1 fully saturated rings. The summed E-state index contributed by atoms with van der Waals surface area (Å²) in [7, 11) is -3.94. The lowest BCUT2D eigenvalue weighted by Gasteiger charge is -2.42. The Morgan fingerprint density at radius 1 is 1.22 bits per heavy atom. The number of aldehydes is 1. The molecule has 0 aliphatic carbocycles. The fraction of sp³-hybridized carbons (Fsp3) is 0.333. The predicted octanol–water partition coefficient (Wildman–Crippen LogP) is 3.20. The van der Waals surface area contributed by atoms with Crippen LogP contribution in [-0.2, 0) is 14.8 Å². The summed E-state index contributed by atoms with van der Waals surface area (Å²) in [6, 6.07) is 8.70. The van der Waals surface area contributed by atoms with E-state index in [2.05, 4.69) is 0 Å². The number of carbonyl (C=O) groups is 2. The van der Waals surface area contributed by atoms with E-state index in [0.717, 1.165) is 21.0 Å². The molecule has 9 heteroatoms. The number of carboxylic acids is 1. The summed E-state index contributed by atoms with van der Waals surface area (Å²) in [5.74, 6) is -0.607. The molecule has 27 heavy (non-hydrogen) atoms. The number of carboxylic acid groups (broad SMARTS) is 1. The van der Waals surface area contributed by atoms with Crippen LogP contribution in [0, 0.1) is 0 Å². The average Bonchev–Trinajstić information content (AvgIpc) is 3.09. The molecular weight excluding hydrogens is 406 g/mol. The Balaban J connectivity index is 1.94. The molecule has 2 aromatic rings. The molecule has 3 rings (SSSR count). The number of hydrogen-bond acceptors (Lipinski definition) is 6. The zero-order valence-corrected chi connectivity index (χ0v) is 17.2. The van der Waals surface area contributed by atoms with E-state index in [4.69, 9.17) is 0 Å². The zero-order chi connectivity index (χ0) is 19.8. The highest BCUT2D eigenvalue weighted by Crippen LogP contribution is 2.38. The van der Waals surface area contributed by atoms with Gasteiger partial charge in [-0.15, -0.1) is 11.3 Å². The molecular formula is C18H19NO5S3. The molecule has 0 bridgehead atoms. The van der Waals surface area contributed by atoms with Crippen molar-refractivity contribution in [3.63, 3.8) is 0 Å². The van der Waals surface area contributed by atoms with Crippen LogP contribution in [-0.4, -0.2) is 53.2 Å². The van der Waals surface area contributed by atoms with Crippen molar-refractivity contribution < 1.29 is 23.1 Å². The minimum Gasteiger partial charge on any atom is -0.480 e. The quantitative estimate of drug-likeness (QED) is 0.740. The zero-order valence-electron chi connectivity index (χ0n) is 14.8. The molecule has 0 unspecified atom stereocenters. The Kier molecular flexibility index (Phi) is 5.49. The molecule has 1 aromatic heterocycles. The normalized spacial score (nSPS) is 20.3. The van der Waals surface area contributed by atoms with Crippen molar-refractivity contribution in [2.75, 3.05) is 12.3 Å². The molecule has 1 atom stereocenters. The van der Waals surface area contributed by atoms with E-state index < -0.39 is 26.8 Å². The third-order valence-corrected chi connectivity index (χ3v) is 8.75. The Morgan fingerprint density at radius 2 is 1.89 bits per heavy atom. The fourth-order valence-electron chi connectivity index (χ4n) is 3.13. The number of thiophene rings is 1. The molecule has 144 valence electrons. The van der Waals surface area contributed by atoms with E-state index in [-0.39, 0.29) is 11.4 Å². The second-order valence-electron chi connectivity index (χ2n) is 6.65. The molecule has 1 aliphatic heterocycles. The van der Waals surface area contributed by atoms with Gasteiger partial charge in [0.15, 0.2) is 6.29 Å². The Labute approximate surface area is 166 Å². The average molecular weight is 426 g/mol. The summed E-state index contributed by atoms with van der Waals surface area (Å²) in [5.41, 5.74) is 0.802. The molecule has 1 aliphatic rings. The molecule has 0 radical (unpaired) electrons. The molecule has 0 amide bonds. The van der Waals surface area contributed by atoms with Gasteiger partial charge < -0.3 is 5.11 Å². The number of sulfonamides is 1. The number of carbonyl (C=O) groups excluding carboxylic acids is 1. The summed E-state index contributed by atoms with van der Waals surface area (Å²) in [5, 5.41) is 9.63. The van der Waals surface area contributed by atoms with Crippen molar-refractivity contribution in [3.8, 4) is 10.4 Å². The van der Waals surface area contributed by atoms with Crippen LogP contribution < -0.4 is 0 Å². The van der Waals surface area contributed by atoms with Crippen molar-refractivity contribution in [1.29, 1.82) is 0 Å². The lowest BCUT2D eigenvalue weighted by molar-refractivity contribution is -0.142. The maximum Gasteiger partial charge on any atom is 0.323 e. The van der Waals surface area contributed by atoms with Gasteiger partial charge in [-0.3, -0.25) is 9.59 Å². The summed E-state index contributed by atoms with van der Waals surface area (Å²) < 4.78 is 26.6. The predicted molar refractivity (Wildman–Crippen MR) is 107 cm³/mol. The summed E-state index contributed by atoms with van der Waals surface area (Å²) in [6.07, 6.45) is 0.773. The van der Waals surface area contributed by atoms with Crippen molar-refractivity contribution in [1.82, 2.24) is 4.31 Å². The van der Waals surface area contributed by atoms with Crippen molar-refractivity contribution in [2.24, 2.45) is 0 Å². The van der Waals surface area contributed by atoms with Crippen LogP contribution >= 0.6 is 23.1 Å². The van der Waals surface area contributed by atoms with Crippen LogP contribution in [0.1, 0.15) is 23.5 Å². The molecule has 6 nitrogen and oxygen atoms in total. The maximum atomic E-state index is 13.1. The number of aliphatic carboxylic acids is 1. The van der Waals surface area contributed by atoms with Crippen LogP contribution in [0.2, 0.25) is 0 Å². The second-order valence-corrected chi connectivity index (χ2v) is 11.4. The van der Waals surface area contributed by atoms with Gasteiger partial charge in [-0.25, -0.2) is 8.42 Å². The van der Waals surface area contributed by atoms with E-state index in [0.29, 0.717) is 10.6 Å². The highest BCUT2D eigenvalue weighted by molar-refractivity contribution is 8.00. The summed E-state index contributed by atoms with van der Waals surface area (Å²) >= 11 is 2.79. The van der Waals surface area contributed by atoms with E-state index in [1.165, 1.54) is 35.2 Å². The first kappa shape index (κ1) is 20.1. The Morgan fingerprint density at radius 3 is 2.44 bits per heavy atom. The summed E-state index contributed by atoms with van der Waals surface area (Å²) in [6.45, 7) is 3.66. The van der Waals surface area contributed by atoms with Crippen LogP contribution in [0.4, 0.5) is 0 Å². The minimum absolute atomic E-state index is 0.0624. The van der Waals surface area contributed by atoms with E-state index in [9.17, 15) is 23.1 Å². The van der Waals surface area contributed by atoms with Gasteiger partial charge in [0.2, 0.25) is 10.0 Å². The van der Waals surface area contributed by atoms with Gasteiger partial charge in [-0.2, -0.15) is 16.1 Å². The van der Waals surface area contributed by atoms with Crippen LogP contribution in [0.3, 0.4) is 0 Å². The molecule has 1 saturated heterocycles. The first-order valence-corrected chi connectivity index (χ1v) is 11.4. The highest BCUT2D eigenvalue weighted by Gasteiger charge is 2.48.